The van der Waals surface area contributed by atoms with Gasteiger partial charge in [0.05, 0.1) is 10.3 Å². The molecule has 4 aromatic rings. The molecule has 0 aliphatic carbocycles. The van der Waals surface area contributed by atoms with Crippen LogP contribution >= 0.6 is 0 Å². The molecule has 1 heterocycles. The Morgan fingerprint density at radius 1 is 0.971 bits per heavy atom. The van der Waals surface area contributed by atoms with Gasteiger partial charge in [-0.15, -0.1) is 0 Å². The van der Waals surface area contributed by atoms with Crippen molar-refractivity contribution in [1.82, 2.24) is 4.72 Å². The van der Waals surface area contributed by atoms with E-state index in [1.807, 2.05) is 26.0 Å². The van der Waals surface area contributed by atoms with Crippen LogP contribution < -0.4 is 15.1 Å². The van der Waals surface area contributed by atoms with Gasteiger partial charge in [-0.3, -0.25) is 0 Å². The van der Waals surface area contributed by atoms with Crippen LogP contribution in [-0.4, -0.2) is 20.4 Å². The second-order valence-corrected chi connectivity index (χ2v) is 10.3. The molecule has 1 N–H and O–H groups in total. The standard InChI is InChI=1S/C27H27NO6S/c1-4-5-10-23(28-35(31,32)19-13-11-17(2)12-14-19)27(30)33-24-16-15-21-20-8-6-7-9-22(20)26(29)34-25(21)18(24)3/h6-9,11-16,23,28H,4-5,10H2,1-3H3. The molecule has 0 bridgehead atoms. The van der Waals surface area contributed by atoms with Gasteiger partial charge in [0.2, 0.25) is 10.0 Å². The van der Waals surface area contributed by atoms with E-state index in [1.165, 1.54) is 12.1 Å². The molecule has 8 heteroatoms. The third-order valence-corrected chi connectivity index (χ3v) is 7.45. The van der Waals surface area contributed by atoms with Crippen LogP contribution in [0.3, 0.4) is 0 Å². The molecular formula is C27H27NO6S. The van der Waals surface area contributed by atoms with Gasteiger partial charge in [-0.1, -0.05) is 55.7 Å². The molecular weight excluding hydrogens is 466 g/mol. The summed E-state index contributed by atoms with van der Waals surface area (Å²) in [5.74, 6) is -0.517. The zero-order valence-corrected chi connectivity index (χ0v) is 20.6. The summed E-state index contributed by atoms with van der Waals surface area (Å²) in [7, 11) is -3.93. The highest BCUT2D eigenvalue weighted by Gasteiger charge is 2.28. The van der Waals surface area contributed by atoms with E-state index in [1.54, 1.807) is 43.3 Å². The molecule has 1 unspecified atom stereocenters. The number of fused-ring (bicyclic) bond motifs is 3. The number of ether oxygens (including phenoxy) is 1. The Bertz CT molecular complexity index is 1550. The van der Waals surface area contributed by atoms with E-state index in [0.29, 0.717) is 23.0 Å². The number of unbranched alkanes of at least 4 members (excludes halogenated alkanes) is 1. The normalized spacial score (nSPS) is 12.7. The summed E-state index contributed by atoms with van der Waals surface area (Å²) >= 11 is 0. The fourth-order valence-corrected chi connectivity index (χ4v) is 5.18. The number of carbonyl (C=O) groups is 1. The van der Waals surface area contributed by atoms with Crippen LogP contribution in [0.4, 0.5) is 0 Å². The van der Waals surface area contributed by atoms with Crippen molar-refractivity contribution in [1.29, 1.82) is 0 Å². The van der Waals surface area contributed by atoms with Crippen molar-refractivity contribution in [2.75, 3.05) is 0 Å². The van der Waals surface area contributed by atoms with E-state index in [0.717, 1.165) is 22.8 Å². The number of carbonyl (C=O) groups excluding carboxylic acids is 1. The number of rotatable bonds is 8. The summed E-state index contributed by atoms with van der Waals surface area (Å²) in [6.07, 6.45) is 1.70. The van der Waals surface area contributed by atoms with Crippen molar-refractivity contribution < 1.29 is 22.4 Å². The average Bonchev–Trinajstić information content (AvgIpc) is 2.84. The molecule has 3 aromatic carbocycles. The maximum Gasteiger partial charge on any atom is 0.344 e. The summed E-state index contributed by atoms with van der Waals surface area (Å²) < 4.78 is 39.5. The summed E-state index contributed by atoms with van der Waals surface area (Å²) in [5, 5.41) is 1.93. The molecule has 7 nitrogen and oxygen atoms in total. The van der Waals surface area contributed by atoms with Gasteiger partial charge >= 0.3 is 11.6 Å². The summed E-state index contributed by atoms with van der Waals surface area (Å²) in [4.78, 5) is 25.7. The minimum atomic E-state index is -3.93. The summed E-state index contributed by atoms with van der Waals surface area (Å²) in [6, 6.07) is 15.8. The summed E-state index contributed by atoms with van der Waals surface area (Å²) in [5.41, 5.74) is 1.25. The SMILES string of the molecule is CCCCC(NS(=O)(=O)c1ccc(C)cc1)C(=O)Oc1ccc2c(oc(=O)c3ccccc32)c1C. The Labute approximate surface area is 203 Å². The van der Waals surface area contributed by atoms with Crippen molar-refractivity contribution in [3.8, 4) is 5.75 Å². The van der Waals surface area contributed by atoms with Crippen LogP contribution in [0.25, 0.3) is 21.7 Å². The predicted molar refractivity (Wildman–Crippen MR) is 135 cm³/mol. The number of nitrogens with one attached hydrogen (secondary N) is 1. The Morgan fingerprint density at radius 3 is 2.34 bits per heavy atom. The molecule has 1 atom stereocenters. The van der Waals surface area contributed by atoms with E-state index < -0.39 is 27.7 Å². The first kappa shape index (κ1) is 24.6. The fraction of sp³-hybridized carbons (Fsp3) is 0.259. The Hall–Kier alpha value is -3.49. The summed E-state index contributed by atoms with van der Waals surface area (Å²) in [6.45, 7) is 5.51. The zero-order valence-electron chi connectivity index (χ0n) is 19.8. The first-order valence-electron chi connectivity index (χ1n) is 11.5. The minimum absolute atomic E-state index is 0.0768. The van der Waals surface area contributed by atoms with Gasteiger partial charge in [-0.25, -0.2) is 18.0 Å². The minimum Gasteiger partial charge on any atom is -0.425 e. The van der Waals surface area contributed by atoms with Gasteiger partial charge in [0, 0.05) is 10.9 Å². The molecule has 4 rings (SSSR count). The second-order valence-electron chi connectivity index (χ2n) is 8.55. The molecule has 0 amide bonds. The Balaban J connectivity index is 1.65. The predicted octanol–water partition coefficient (Wildman–Crippen LogP) is 5.01. The third-order valence-electron chi connectivity index (χ3n) is 5.96. The lowest BCUT2D eigenvalue weighted by Gasteiger charge is -2.18. The van der Waals surface area contributed by atoms with Gasteiger partial charge in [0.25, 0.3) is 0 Å². The van der Waals surface area contributed by atoms with E-state index in [-0.39, 0.29) is 17.1 Å². The van der Waals surface area contributed by atoms with Gasteiger partial charge in [0.1, 0.15) is 17.4 Å². The number of esters is 1. The van der Waals surface area contributed by atoms with Crippen molar-refractivity contribution in [3.05, 3.63) is 82.2 Å². The number of sulfonamides is 1. The van der Waals surface area contributed by atoms with Gasteiger partial charge < -0.3 is 9.15 Å². The van der Waals surface area contributed by atoms with Crippen LogP contribution in [0, 0.1) is 13.8 Å². The van der Waals surface area contributed by atoms with E-state index in [9.17, 15) is 18.0 Å². The highest BCUT2D eigenvalue weighted by molar-refractivity contribution is 7.89. The van der Waals surface area contributed by atoms with Crippen LogP contribution in [0.2, 0.25) is 0 Å². The number of hydrogen-bond donors (Lipinski definition) is 1. The lowest BCUT2D eigenvalue weighted by molar-refractivity contribution is -0.136. The fourth-order valence-electron chi connectivity index (χ4n) is 3.96. The van der Waals surface area contributed by atoms with Gasteiger partial charge in [-0.2, -0.15) is 4.72 Å². The van der Waals surface area contributed by atoms with Crippen molar-refractivity contribution in [2.24, 2.45) is 0 Å². The second kappa shape index (κ2) is 10.0. The maximum atomic E-state index is 13.1. The molecule has 0 saturated carbocycles. The molecule has 1 aromatic heterocycles. The van der Waals surface area contributed by atoms with Crippen molar-refractivity contribution >= 4 is 37.7 Å². The first-order valence-corrected chi connectivity index (χ1v) is 13.0. The van der Waals surface area contributed by atoms with E-state index in [4.69, 9.17) is 9.15 Å². The van der Waals surface area contributed by atoms with Gasteiger partial charge in [-0.05, 0) is 56.0 Å². The van der Waals surface area contributed by atoms with Crippen molar-refractivity contribution in [2.45, 2.75) is 51.0 Å². The molecule has 0 aliphatic heterocycles. The number of benzene rings is 3. The highest BCUT2D eigenvalue weighted by Crippen LogP contribution is 2.31. The third kappa shape index (κ3) is 5.13. The number of hydrogen-bond acceptors (Lipinski definition) is 6. The Kier molecular flexibility index (Phi) is 7.05. The zero-order chi connectivity index (χ0) is 25.2. The molecule has 0 fully saturated rings. The topological polar surface area (TPSA) is 103 Å². The molecule has 0 aliphatic rings. The molecule has 0 radical (unpaired) electrons. The van der Waals surface area contributed by atoms with Crippen LogP contribution in [0.5, 0.6) is 5.75 Å². The number of aryl methyl sites for hydroxylation is 2. The smallest absolute Gasteiger partial charge is 0.344 e. The maximum absolute atomic E-state index is 13.1. The lowest BCUT2D eigenvalue weighted by Crippen LogP contribution is -2.43. The molecule has 0 saturated heterocycles. The van der Waals surface area contributed by atoms with Crippen molar-refractivity contribution in [3.63, 3.8) is 0 Å². The molecule has 182 valence electrons. The quantitative estimate of drug-likeness (QED) is 0.160. The molecule has 35 heavy (non-hydrogen) atoms. The molecule has 0 spiro atoms. The largest absolute Gasteiger partial charge is 0.425 e. The highest BCUT2D eigenvalue weighted by atomic mass is 32.2. The van der Waals surface area contributed by atoms with E-state index in [2.05, 4.69) is 4.72 Å². The first-order chi connectivity index (χ1) is 16.7. The van der Waals surface area contributed by atoms with Gasteiger partial charge in [0.15, 0.2) is 0 Å². The van der Waals surface area contributed by atoms with Crippen LogP contribution in [-0.2, 0) is 14.8 Å². The average molecular weight is 494 g/mol. The monoisotopic (exact) mass is 493 g/mol. The lowest BCUT2D eigenvalue weighted by atomic mass is 10.0. The van der Waals surface area contributed by atoms with E-state index >= 15 is 0 Å². The Morgan fingerprint density at radius 2 is 1.66 bits per heavy atom. The van der Waals surface area contributed by atoms with Crippen LogP contribution in [0.1, 0.15) is 37.3 Å². The van der Waals surface area contributed by atoms with Crippen LogP contribution in [0.15, 0.2) is 74.8 Å².